The van der Waals surface area contributed by atoms with Gasteiger partial charge in [0.15, 0.2) is 5.82 Å². The lowest BCUT2D eigenvalue weighted by Crippen LogP contribution is -2.54. The number of anilines is 2. The molecule has 5 aliphatic rings. The second kappa shape index (κ2) is 14.2. The summed E-state index contributed by atoms with van der Waals surface area (Å²) in [6.45, 7) is 3.65. The van der Waals surface area contributed by atoms with Crippen molar-refractivity contribution in [1.82, 2.24) is 19.8 Å². The molecule has 5 N–H and O–H groups in total. The predicted octanol–water partition coefficient (Wildman–Crippen LogP) is 4.79. The van der Waals surface area contributed by atoms with Gasteiger partial charge in [-0.1, -0.05) is 0 Å². The van der Waals surface area contributed by atoms with Gasteiger partial charge in [0.05, 0.1) is 42.9 Å². The molecule has 12 nitrogen and oxygen atoms in total. The second-order valence-corrected chi connectivity index (χ2v) is 16.4. The number of nitrogen functional groups attached to an aromatic ring is 1. The maximum atomic E-state index is 17.7. The first-order chi connectivity index (χ1) is 26.7. The molecule has 0 radical (unpaired) electrons. The number of thiophene rings is 1. The van der Waals surface area contributed by atoms with Crippen LogP contribution < -0.4 is 21.1 Å². The van der Waals surface area contributed by atoms with Gasteiger partial charge in [-0.3, -0.25) is 14.8 Å². The quantitative estimate of drug-likeness (QED) is 0.190. The minimum atomic E-state index is -0.955. The third-order valence-corrected chi connectivity index (χ3v) is 13.1. The number of hydrogen-bond donors (Lipinski definition) is 3. The minimum absolute atomic E-state index is 0.0126. The van der Waals surface area contributed by atoms with E-state index in [0.717, 1.165) is 49.1 Å². The molecule has 0 amide bonds. The van der Waals surface area contributed by atoms with Gasteiger partial charge in [0, 0.05) is 72.1 Å². The van der Waals surface area contributed by atoms with Crippen molar-refractivity contribution in [2.45, 2.75) is 69.1 Å². The Morgan fingerprint density at radius 1 is 1.15 bits per heavy atom. The number of aliphatic hydroxyl groups is 1. The topological polar surface area (TPSA) is 162 Å². The molecule has 3 unspecified atom stereocenters. The number of nitrogens with two attached hydrogens (primary N) is 2. The van der Waals surface area contributed by atoms with Gasteiger partial charge in [-0.25, -0.2) is 13.2 Å². The number of aromatic nitrogens is 2. The van der Waals surface area contributed by atoms with Crippen LogP contribution in [-0.4, -0.2) is 107 Å². The van der Waals surface area contributed by atoms with Crippen LogP contribution in [0.5, 0.6) is 6.01 Å². The van der Waals surface area contributed by atoms with Gasteiger partial charge in [-0.2, -0.15) is 15.2 Å². The molecular weight excluding hydrogens is 732 g/mol. The predicted molar refractivity (Wildman–Crippen MR) is 205 cm³/mol. The number of piperazine rings is 1. The normalized spacial score (nSPS) is 25.5. The van der Waals surface area contributed by atoms with Crippen LogP contribution in [0.1, 0.15) is 48.8 Å². The van der Waals surface area contributed by atoms with E-state index < -0.39 is 23.3 Å². The molecule has 2 aromatic carbocycles. The number of halogens is 3. The van der Waals surface area contributed by atoms with Gasteiger partial charge in [-0.15, -0.1) is 11.3 Å². The Kier molecular flexibility index (Phi) is 9.33. The summed E-state index contributed by atoms with van der Waals surface area (Å²) in [7, 11) is 0. The number of nitriles is 1. The number of aliphatic imine (C=N–C) groups is 1. The zero-order chi connectivity index (χ0) is 38.0. The summed E-state index contributed by atoms with van der Waals surface area (Å²) in [5, 5.41) is 20.2. The van der Waals surface area contributed by atoms with Gasteiger partial charge in [0.2, 0.25) is 0 Å². The van der Waals surface area contributed by atoms with Crippen LogP contribution in [-0.2, 0) is 18.0 Å². The lowest BCUT2D eigenvalue weighted by Gasteiger charge is -2.42. The average molecular weight is 774 g/mol. The van der Waals surface area contributed by atoms with Crippen molar-refractivity contribution in [3.63, 3.8) is 0 Å². The van der Waals surface area contributed by atoms with Gasteiger partial charge in [-0.05, 0) is 67.3 Å². The maximum absolute atomic E-state index is 17.7. The van der Waals surface area contributed by atoms with E-state index in [-0.39, 0.29) is 77.1 Å². The van der Waals surface area contributed by atoms with Crippen LogP contribution in [0.25, 0.3) is 32.1 Å². The zero-order valence-electron chi connectivity index (χ0n) is 30.2. The van der Waals surface area contributed by atoms with E-state index in [1.54, 1.807) is 12.3 Å². The summed E-state index contributed by atoms with van der Waals surface area (Å²) in [5.74, 6) is -0.918. The molecule has 7 heterocycles. The highest BCUT2D eigenvalue weighted by molar-refractivity contribution is 7.23. The first kappa shape index (κ1) is 36.1. The van der Waals surface area contributed by atoms with Crippen LogP contribution >= 0.6 is 11.3 Å². The third-order valence-electron chi connectivity index (χ3n) is 12.1. The Morgan fingerprint density at radius 2 is 1.95 bits per heavy atom. The Bertz CT molecular complexity index is 2280. The number of fused-ring (bicyclic) bond motifs is 7. The molecule has 55 heavy (non-hydrogen) atoms. The van der Waals surface area contributed by atoms with Crippen molar-refractivity contribution < 1.29 is 27.8 Å². The van der Waals surface area contributed by atoms with E-state index in [9.17, 15) is 9.65 Å². The van der Waals surface area contributed by atoms with E-state index in [0.29, 0.717) is 66.2 Å². The van der Waals surface area contributed by atoms with Crippen LogP contribution in [0.2, 0.25) is 0 Å². The Hall–Kier alpha value is -4.53. The number of alkyl halides is 1. The largest absolute Gasteiger partial charge is 0.461 e. The minimum Gasteiger partial charge on any atom is -0.461 e. The van der Waals surface area contributed by atoms with Gasteiger partial charge in [0.25, 0.3) is 0 Å². The average Bonchev–Trinajstić information content (AvgIpc) is 3.98. The number of nitrogens with zero attached hydrogens (tertiary/aromatic N) is 7. The molecule has 2 bridgehead atoms. The summed E-state index contributed by atoms with van der Waals surface area (Å²) in [4.78, 5) is 20.8. The van der Waals surface area contributed by atoms with E-state index in [4.69, 9.17) is 36.0 Å². The number of rotatable bonds is 10. The summed E-state index contributed by atoms with van der Waals surface area (Å²) in [6.07, 6.45) is 6.09. The van der Waals surface area contributed by atoms with E-state index in [1.165, 1.54) is 12.3 Å². The van der Waals surface area contributed by atoms with Crippen LogP contribution in [0.3, 0.4) is 0 Å². The highest BCUT2D eigenvalue weighted by atomic mass is 32.1. The molecular formula is C39H42F3N9O3S. The fourth-order valence-electron chi connectivity index (χ4n) is 9.79. The van der Waals surface area contributed by atoms with E-state index in [2.05, 4.69) is 25.8 Å². The standard InChI is InChI=1S/C39H42F3N9O3S/c40-22-10-39(6-1-8-50(39)15-22)20-54-38-47-35-32(37(48-38)51-23-2-3-24(51)17-49(16-23)14-21(11-43)13-46-7-9-52)27-19-53-18-26(27)31(34(35)42)33-28(41)4-5-29-30(33)25(12-44)36(45)55-29/h4-5,11,13,22-24,52H,1-3,6-10,14-20,43,45H2/b21-11+,46-13?/t22?,23?,24?,39-/m0/s1. The van der Waals surface area contributed by atoms with Crippen LogP contribution in [0.4, 0.5) is 24.0 Å². The maximum Gasteiger partial charge on any atom is 0.319 e. The molecule has 5 aliphatic heterocycles. The Labute approximate surface area is 319 Å². The summed E-state index contributed by atoms with van der Waals surface area (Å²) >= 11 is 1.15. The fraction of sp³-hybridized carbons (Fsp3) is 0.487. The Morgan fingerprint density at radius 3 is 2.71 bits per heavy atom. The van der Waals surface area contributed by atoms with Crippen molar-refractivity contribution in [2.24, 2.45) is 10.7 Å². The Balaban J connectivity index is 1.18. The first-order valence-corrected chi connectivity index (χ1v) is 19.6. The van der Waals surface area contributed by atoms with Crippen molar-refractivity contribution in [1.29, 1.82) is 5.26 Å². The van der Waals surface area contributed by atoms with Gasteiger partial charge < -0.3 is 30.9 Å². The summed E-state index contributed by atoms with van der Waals surface area (Å²) in [5.41, 5.74) is 13.7. The number of aliphatic hydroxyl groups excluding tert-OH is 1. The third kappa shape index (κ3) is 5.99. The first-order valence-electron chi connectivity index (χ1n) is 18.8. The summed E-state index contributed by atoms with van der Waals surface area (Å²) in [6, 6.07) is 4.94. The van der Waals surface area contributed by atoms with E-state index in [1.807, 2.05) is 0 Å². The van der Waals surface area contributed by atoms with Crippen LogP contribution in [0.15, 0.2) is 28.9 Å². The smallest absolute Gasteiger partial charge is 0.319 e. The van der Waals surface area contributed by atoms with Crippen LogP contribution in [0, 0.1) is 23.0 Å². The highest BCUT2D eigenvalue weighted by Crippen LogP contribution is 2.49. The van der Waals surface area contributed by atoms with Crippen molar-refractivity contribution >= 4 is 49.4 Å². The number of benzene rings is 2. The molecule has 4 aromatic rings. The molecule has 16 heteroatoms. The van der Waals surface area contributed by atoms with Gasteiger partial charge in [0.1, 0.15) is 41.0 Å². The summed E-state index contributed by atoms with van der Waals surface area (Å²) < 4.78 is 61.5. The molecule has 0 aliphatic carbocycles. The van der Waals surface area contributed by atoms with Crippen molar-refractivity contribution in [3.8, 4) is 23.2 Å². The molecule has 2 aromatic heterocycles. The number of likely N-dealkylation sites (tertiary alicyclic amines) is 1. The fourth-order valence-corrected chi connectivity index (χ4v) is 10.7. The number of hydrogen-bond acceptors (Lipinski definition) is 13. The molecule has 9 rings (SSSR count). The molecule has 0 saturated carbocycles. The zero-order valence-corrected chi connectivity index (χ0v) is 31.1. The van der Waals surface area contributed by atoms with Crippen molar-refractivity contribution in [2.75, 3.05) is 63.1 Å². The van der Waals surface area contributed by atoms with E-state index >= 15 is 8.78 Å². The van der Waals surface area contributed by atoms with Gasteiger partial charge >= 0.3 is 6.01 Å². The molecule has 0 spiro atoms. The molecule has 4 fully saturated rings. The highest BCUT2D eigenvalue weighted by Gasteiger charge is 2.50. The van der Waals surface area contributed by atoms with Crippen molar-refractivity contribution in [3.05, 3.63) is 52.2 Å². The molecule has 288 valence electrons. The second-order valence-electron chi connectivity index (χ2n) is 15.3. The molecule has 4 saturated heterocycles. The number of ether oxygens (including phenoxy) is 2. The SMILES string of the molecule is N#Cc1c(N)sc2ccc(F)c(-c3c4c(c5c(N6C7CCC6CN(C/C(C=NCCO)=C/N)C7)nc(OC[C@@]67CCCN6CC(F)C7)nc5c3F)COC4)c12. The molecule has 4 atom stereocenters. The lowest BCUT2D eigenvalue weighted by atomic mass is 9.90. The lowest BCUT2D eigenvalue weighted by molar-refractivity contribution is 0.107. The monoisotopic (exact) mass is 773 g/mol.